The minimum Gasteiger partial charge on any atom is -0.377 e. The molecule has 5 aromatic carbocycles. The molecule has 0 amide bonds. The van der Waals surface area contributed by atoms with Crippen molar-refractivity contribution in [3.63, 3.8) is 0 Å². The van der Waals surface area contributed by atoms with E-state index in [-0.39, 0.29) is 5.41 Å². The summed E-state index contributed by atoms with van der Waals surface area (Å²) in [5.74, 6) is 0. The van der Waals surface area contributed by atoms with Crippen LogP contribution in [0.2, 0.25) is 0 Å². The summed E-state index contributed by atoms with van der Waals surface area (Å²) in [6, 6.07) is 42.7. The van der Waals surface area contributed by atoms with E-state index in [2.05, 4.69) is 134 Å². The Hall–Kier alpha value is -4.10. The van der Waals surface area contributed by atoms with Crippen molar-refractivity contribution in [3.8, 4) is 33.4 Å². The van der Waals surface area contributed by atoms with E-state index in [1.54, 1.807) is 0 Å². The molecule has 0 atom stereocenters. The highest BCUT2D eigenvalue weighted by Gasteiger charge is 2.51. The van der Waals surface area contributed by atoms with E-state index in [4.69, 9.17) is 0 Å². The minimum absolute atomic E-state index is 0.290. The van der Waals surface area contributed by atoms with Crippen molar-refractivity contribution in [1.29, 1.82) is 0 Å². The zero-order valence-corrected chi connectivity index (χ0v) is 19.4. The Kier molecular flexibility index (Phi) is 3.96. The van der Waals surface area contributed by atoms with Crippen molar-refractivity contribution in [1.82, 2.24) is 0 Å². The summed E-state index contributed by atoms with van der Waals surface area (Å²) >= 11 is 0. The van der Waals surface area contributed by atoms with Gasteiger partial charge in [0.05, 0.1) is 5.41 Å². The standard InChI is InChI=1S/C33H25N/c1-34(2)31-21-10-6-14-24(31)25-16-11-20-30-32(25)26-15-5-9-19-29(26)33(30)27-17-7-3-12-22(27)23-13-4-8-18-28(23)33/h3-21H,1-2H3. The van der Waals surface area contributed by atoms with Gasteiger partial charge in [0, 0.05) is 25.3 Å². The van der Waals surface area contributed by atoms with E-state index in [9.17, 15) is 0 Å². The van der Waals surface area contributed by atoms with Crippen LogP contribution in [-0.4, -0.2) is 14.1 Å². The van der Waals surface area contributed by atoms with Crippen molar-refractivity contribution in [2.75, 3.05) is 19.0 Å². The predicted octanol–water partition coefficient (Wildman–Crippen LogP) is 7.76. The molecule has 5 aromatic rings. The smallest absolute Gasteiger partial charge is 0.0725 e. The molecule has 0 heterocycles. The Bertz CT molecular complexity index is 1540. The first-order valence-electron chi connectivity index (χ1n) is 11.9. The van der Waals surface area contributed by atoms with E-state index in [1.165, 1.54) is 61.3 Å². The average Bonchev–Trinajstić information content (AvgIpc) is 3.36. The molecule has 1 heteroatoms. The summed E-state index contributed by atoms with van der Waals surface area (Å²) in [4.78, 5) is 2.21. The zero-order chi connectivity index (χ0) is 22.9. The Morgan fingerprint density at radius 1 is 0.412 bits per heavy atom. The number of hydrogen-bond acceptors (Lipinski definition) is 1. The van der Waals surface area contributed by atoms with Crippen LogP contribution in [0.4, 0.5) is 5.69 Å². The lowest BCUT2D eigenvalue weighted by Gasteiger charge is -2.30. The van der Waals surface area contributed by atoms with Gasteiger partial charge in [-0.2, -0.15) is 0 Å². The molecule has 0 saturated heterocycles. The summed E-state index contributed by atoms with van der Waals surface area (Å²) in [5.41, 5.74) is 14.5. The van der Waals surface area contributed by atoms with Crippen molar-refractivity contribution < 1.29 is 0 Å². The van der Waals surface area contributed by atoms with Gasteiger partial charge in [-0.25, -0.2) is 0 Å². The van der Waals surface area contributed by atoms with Crippen molar-refractivity contribution in [2.24, 2.45) is 0 Å². The lowest BCUT2D eigenvalue weighted by atomic mass is 9.70. The lowest BCUT2D eigenvalue weighted by molar-refractivity contribution is 0.794. The first-order valence-corrected chi connectivity index (χ1v) is 11.9. The number of fused-ring (bicyclic) bond motifs is 10. The van der Waals surface area contributed by atoms with Gasteiger partial charge in [0.2, 0.25) is 0 Å². The second kappa shape index (κ2) is 6.95. The van der Waals surface area contributed by atoms with Gasteiger partial charge < -0.3 is 4.90 Å². The molecular weight excluding hydrogens is 410 g/mol. The minimum atomic E-state index is -0.290. The summed E-state index contributed by atoms with van der Waals surface area (Å²) in [6.45, 7) is 0. The molecule has 0 unspecified atom stereocenters. The molecule has 0 aromatic heterocycles. The van der Waals surface area contributed by atoms with Crippen LogP contribution in [0, 0.1) is 0 Å². The monoisotopic (exact) mass is 435 g/mol. The van der Waals surface area contributed by atoms with Crippen LogP contribution in [0.1, 0.15) is 22.3 Å². The average molecular weight is 436 g/mol. The van der Waals surface area contributed by atoms with Gasteiger partial charge in [-0.1, -0.05) is 109 Å². The van der Waals surface area contributed by atoms with Crippen molar-refractivity contribution >= 4 is 5.69 Å². The Labute approximate surface area is 201 Å². The Balaban J connectivity index is 1.65. The maximum absolute atomic E-state index is 2.36. The molecule has 0 fully saturated rings. The number of benzene rings is 5. The van der Waals surface area contributed by atoms with E-state index in [0.717, 1.165) is 0 Å². The van der Waals surface area contributed by atoms with Gasteiger partial charge in [0.1, 0.15) is 0 Å². The molecule has 162 valence electrons. The largest absolute Gasteiger partial charge is 0.377 e. The maximum atomic E-state index is 2.36. The van der Waals surface area contributed by atoms with Gasteiger partial charge in [-0.15, -0.1) is 0 Å². The molecule has 1 nitrogen and oxygen atoms in total. The second-order valence-corrected chi connectivity index (χ2v) is 9.53. The van der Waals surface area contributed by atoms with E-state index < -0.39 is 0 Å². The third-order valence-electron chi connectivity index (χ3n) is 7.70. The highest BCUT2D eigenvalue weighted by molar-refractivity contribution is 6.01. The molecule has 0 bridgehead atoms. The van der Waals surface area contributed by atoms with Gasteiger partial charge in [-0.05, 0) is 56.1 Å². The van der Waals surface area contributed by atoms with E-state index in [0.29, 0.717) is 0 Å². The van der Waals surface area contributed by atoms with Crippen LogP contribution < -0.4 is 4.90 Å². The molecule has 0 radical (unpaired) electrons. The number of anilines is 1. The number of para-hydroxylation sites is 1. The van der Waals surface area contributed by atoms with Gasteiger partial charge in [0.15, 0.2) is 0 Å². The van der Waals surface area contributed by atoms with E-state index in [1.807, 2.05) is 0 Å². The molecule has 1 spiro atoms. The molecule has 2 aliphatic carbocycles. The topological polar surface area (TPSA) is 3.24 Å². The summed E-state index contributed by atoms with van der Waals surface area (Å²) in [7, 11) is 4.25. The lowest BCUT2D eigenvalue weighted by Crippen LogP contribution is -2.25. The fourth-order valence-corrected chi connectivity index (χ4v) is 6.46. The normalized spacial score (nSPS) is 13.8. The van der Waals surface area contributed by atoms with Crippen LogP contribution in [0.15, 0.2) is 115 Å². The van der Waals surface area contributed by atoms with Gasteiger partial charge in [0.25, 0.3) is 0 Å². The molecular formula is C33H25N. The molecule has 0 aliphatic heterocycles. The van der Waals surface area contributed by atoms with Gasteiger partial charge >= 0.3 is 0 Å². The molecule has 0 saturated carbocycles. The first kappa shape index (κ1) is 19.4. The third kappa shape index (κ3) is 2.29. The third-order valence-corrected chi connectivity index (χ3v) is 7.70. The summed E-state index contributed by atoms with van der Waals surface area (Å²) < 4.78 is 0. The van der Waals surface area contributed by atoms with Crippen LogP contribution in [0.5, 0.6) is 0 Å². The first-order chi connectivity index (χ1) is 16.7. The maximum Gasteiger partial charge on any atom is 0.0725 e. The summed E-state index contributed by atoms with van der Waals surface area (Å²) in [6.07, 6.45) is 0. The number of nitrogens with zero attached hydrogens (tertiary/aromatic N) is 1. The highest BCUT2D eigenvalue weighted by Crippen LogP contribution is 2.64. The Morgan fingerprint density at radius 2 is 0.853 bits per heavy atom. The van der Waals surface area contributed by atoms with E-state index >= 15 is 0 Å². The van der Waals surface area contributed by atoms with Crippen LogP contribution in [0.25, 0.3) is 33.4 Å². The summed E-state index contributed by atoms with van der Waals surface area (Å²) in [5, 5.41) is 0. The fraction of sp³-hybridized carbons (Fsp3) is 0.0909. The predicted molar refractivity (Wildman–Crippen MR) is 143 cm³/mol. The molecule has 2 aliphatic rings. The van der Waals surface area contributed by atoms with Crippen molar-refractivity contribution in [2.45, 2.75) is 5.41 Å². The van der Waals surface area contributed by atoms with Gasteiger partial charge in [-0.3, -0.25) is 0 Å². The number of rotatable bonds is 2. The SMILES string of the molecule is CN(C)c1ccccc1-c1cccc2c1-c1ccccc1C21c2ccccc2-c2ccccc21. The second-order valence-electron chi connectivity index (χ2n) is 9.53. The molecule has 7 rings (SSSR count). The quantitative estimate of drug-likeness (QED) is 0.268. The van der Waals surface area contributed by atoms with Crippen LogP contribution >= 0.6 is 0 Å². The Morgan fingerprint density at radius 3 is 1.47 bits per heavy atom. The fourth-order valence-electron chi connectivity index (χ4n) is 6.46. The van der Waals surface area contributed by atoms with Crippen LogP contribution in [-0.2, 0) is 5.41 Å². The zero-order valence-electron chi connectivity index (χ0n) is 19.4. The molecule has 34 heavy (non-hydrogen) atoms. The molecule has 0 N–H and O–H groups in total. The van der Waals surface area contributed by atoms with Crippen molar-refractivity contribution in [3.05, 3.63) is 138 Å². The highest BCUT2D eigenvalue weighted by atomic mass is 15.1. The van der Waals surface area contributed by atoms with Crippen LogP contribution in [0.3, 0.4) is 0 Å². The number of hydrogen-bond donors (Lipinski definition) is 0.